The number of aryl methyl sites for hydroxylation is 2. The molecule has 0 saturated carbocycles. The lowest BCUT2D eigenvalue weighted by molar-refractivity contribution is 0.117. The summed E-state index contributed by atoms with van der Waals surface area (Å²) in [6.07, 6.45) is 15.1. The van der Waals surface area contributed by atoms with Gasteiger partial charge in [0.2, 0.25) is 0 Å². The second kappa shape index (κ2) is 15.7. The monoisotopic (exact) mass is 606 g/mol. The molecule has 0 fully saturated rings. The van der Waals surface area contributed by atoms with Gasteiger partial charge in [-0.2, -0.15) is 0 Å². The Kier molecular flexibility index (Phi) is 12.0. The van der Waals surface area contributed by atoms with E-state index in [2.05, 4.69) is 19.9 Å². The zero-order valence-electron chi connectivity index (χ0n) is 21.8. The number of hydrogen-bond acceptors (Lipinski definition) is 3. The number of nitrogens with zero attached hydrogens (tertiary/aromatic N) is 2. The molecule has 2 unspecified atom stereocenters. The van der Waals surface area contributed by atoms with Crippen molar-refractivity contribution in [3.05, 3.63) is 104 Å². The highest BCUT2D eigenvalue weighted by Gasteiger charge is 2.16. The third kappa shape index (κ3) is 9.54. The lowest BCUT2D eigenvalue weighted by Crippen LogP contribution is -2.09. The summed E-state index contributed by atoms with van der Waals surface area (Å²) < 4.78 is 6.14. The van der Waals surface area contributed by atoms with E-state index in [-0.39, 0.29) is 0 Å². The van der Waals surface area contributed by atoms with Crippen LogP contribution in [-0.4, -0.2) is 33.1 Å². The summed E-state index contributed by atoms with van der Waals surface area (Å²) >= 11 is 24.8. The molecule has 2 atom stereocenters. The van der Waals surface area contributed by atoms with Crippen LogP contribution < -0.4 is 0 Å². The molecule has 0 spiro atoms. The highest BCUT2D eigenvalue weighted by atomic mass is 35.5. The van der Waals surface area contributed by atoms with E-state index in [1.807, 2.05) is 48.8 Å². The predicted octanol–water partition coefficient (Wildman–Crippen LogP) is 9.46. The van der Waals surface area contributed by atoms with Crippen molar-refractivity contribution >= 4 is 46.4 Å². The van der Waals surface area contributed by atoms with Crippen molar-refractivity contribution in [3.63, 3.8) is 0 Å². The van der Waals surface area contributed by atoms with Crippen LogP contribution in [0.3, 0.4) is 0 Å². The molecule has 0 aliphatic heterocycles. The fraction of sp³-hybridized carbons (Fsp3) is 0.400. The van der Waals surface area contributed by atoms with Crippen LogP contribution in [0.2, 0.25) is 20.1 Å². The number of aromatic amines is 2. The average molecular weight is 608 g/mol. The lowest BCUT2D eigenvalue weighted by atomic mass is 9.94. The molecule has 2 aromatic heterocycles. The normalized spacial score (nSPS) is 13.0. The Morgan fingerprint density at radius 1 is 0.641 bits per heavy atom. The van der Waals surface area contributed by atoms with Gasteiger partial charge in [-0.05, 0) is 86.8 Å². The SMILES string of the molecule is Clc1ccc(CCCC(CCOCCC(CCCc2ccc(Cl)cc2Cl)c2cnc[nH]2)c2cnc[nH]2)c(Cl)c1. The van der Waals surface area contributed by atoms with E-state index in [1.165, 1.54) is 0 Å². The van der Waals surface area contributed by atoms with Crippen molar-refractivity contribution in [3.8, 4) is 0 Å². The molecule has 2 aromatic carbocycles. The van der Waals surface area contributed by atoms with Gasteiger partial charge in [-0.25, -0.2) is 9.97 Å². The summed E-state index contributed by atoms with van der Waals surface area (Å²) in [5, 5.41) is 2.79. The number of hydrogen-bond donors (Lipinski definition) is 2. The van der Waals surface area contributed by atoms with Crippen LogP contribution >= 0.6 is 46.4 Å². The Bertz CT molecular complexity index is 1170. The third-order valence-corrected chi connectivity index (χ3v) is 8.34. The zero-order chi connectivity index (χ0) is 27.5. The van der Waals surface area contributed by atoms with Gasteiger partial charge >= 0.3 is 0 Å². The summed E-state index contributed by atoms with van der Waals surface area (Å²) in [7, 11) is 0. The van der Waals surface area contributed by atoms with Crippen LogP contribution in [0.5, 0.6) is 0 Å². The summed E-state index contributed by atoms with van der Waals surface area (Å²) in [6, 6.07) is 11.4. The van der Waals surface area contributed by atoms with Crippen LogP contribution in [0.1, 0.15) is 72.9 Å². The van der Waals surface area contributed by atoms with Gasteiger partial charge < -0.3 is 14.7 Å². The Morgan fingerprint density at radius 3 is 1.49 bits per heavy atom. The number of halogens is 4. The Balaban J connectivity index is 1.22. The van der Waals surface area contributed by atoms with Crippen molar-refractivity contribution in [1.29, 1.82) is 0 Å². The molecule has 2 N–H and O–H groups in total. The topological polar surface area (TPSA) is 66.6 Å². The molecule has 5 nitrogen and oxygen atoms in total. The quantitative estimate of drug-likeness (QED) is 0.125. The van der Waals surface area contributed by atoms with E-state index in [4.69, 9.17) is 51.1 Å². The largest absolute Gasteiger partial charge is 0.381 e. The molecule has 0 bridgehead atoms. The molecule has 2 heterocycles. The van der Waals surface area contributed by atoms with Crippen LogP contribution in [0, 0.1) is 0 Å². The molecule has 0 aliphatic rings. The summed E-state index contributed by atoms with van der Waals surface area (Å²) in [4.78, 5) is 15.0. The van der Waals surface area contributed by atoms with Gasteiger partial charge in [0.15, 0.2) is 0 Å². The molecule has 0 radical (unpaired) electrons. The average Bonchev–Trinajstić information content (AvgIpc) is 3.64. The Morgan fingerprint density at radius 2 is 1.10 bits per heavy atom. The second-order valence-electron chi connectivity index (χ2n) is 9.85. The minimum absolute atomic E-state index is 0.353. The first-order valence-corrected chi connectivity index (χ1v) is 14.9. The number of H-pyrrole nitrogens is 2. The van der Waals surface area contributed by atoms with Crippen molar-refractivity contribution in [2.24, 2.45) is 0 Å². The first kappa shape index (κ1) is 30.0. The van der Waals surface area contributed by atoms with Crippen LogP contribution in [0.15, 0.2) is 61.4 Å². The number of imidazole rings is 2. The van der Waals surface area contributed by atoms with E-state index in [0.717, 1.165) is 83.9 Å². The van der Waals surface area contributed by atoms with Crippen molar-refractivity contribution in [2.45, 2.75) is 63.2 Å². The van der Waals surface area contributed by atoms with Gasteiger partial charge in [0.1, 0.15) is 0 Å². The van der Waals surface area contributed by atoms with Crippen LogP contribution in [0.4, 0.5) is 0 Å². The van der Waals surface area contributed by atoms with Crippen molar-refractivity contribution in [2.75, 3.05) is 13.2 Å². The second-order valence-corrected chi connectivity index (χ2v) is 11.5. The molecule has 0 amide bonds. The zero-order valence-corrected chi connectivity index (χ0v) is 24.8. The van der Waals surface area contributed by atoms with Crippen LogP contribution in [0.25, 0.3) is 0 Å². The van der Waals surface area contributed by atoms with Gasteiger partial charge in [-0.1, -0.05) is 58.5 Å². The highest BCUT2D eigenvalue weighted by Crippen LogP contribution is 2.29. The third-order valence-electron chi connectivity index (χ3n) is 7.17. The number of rotatable bonds is 16. The molecule has 9 heteroatoms. The minimum atomic E-state index is 0.353. The lowest BCUT2D eigenvalue weighted by Gasteiger charge is -2.18. The first-order chi connectivity index (χ1) is 19.0. The molecule has 39 heavy (non-hydrogen) atoms. The Hall–Kier alpha value is -2.02. The Labute approximate surface area is 250 Å². The standard InChI is InChI=1S/C30H34Cl4N4O/c31-25-9-7-21(27(33)15-25)3-1-5-23(29-17-35-19-37-29)11-13-39-14-12-24(30-18-36-20-38-30)6-2-4-22-8-10-26(32)16-28(22)34/h7-10,15-20,23-24H,1-6,11-14H2,(H,35,37)(H,36,38). The molecular formula is C30H34Cl4N4O. The smallest absolute Gasteiger partial charge is 0.0921 e. The summed E-state index contributed by atoms with van der Waals surface area (Å²) in [6.45, 7) is 1.39. The maximum atomic E-state index is 6.36. The minimum Gasteiger partial charge on any atom is -0.381 e. The van der Waals surface area contributed by atoms with E-state index in [0.29, 0.717) is 35.1 Å². The van der Waals surface area contributed by atoms with Crippen molar-refractivity contribution < 1.29 is 4.74 Å². The number of aromatic nitrogens is 4. The molecular weight excluding hydrogens is 574 g/mol. The maximum absolute atomic E-state index is 6.36. The van der Waals surface area contributed by atoms with E-state index in [1.54, 1.807) is 12.7 Å². The molecule has 0 saturated heterocycles. The first-order valence-electron chi connectivity index (χ1n) is 13.4. The molecule has 0 aliphatic carbocycles. The molecule has 4 rings (SSSR count). The van der Waals surface area contributed by atoms with Gasteiger partial charge in [0, 0.05) is 68.9 Å². The van der Waals surface area contributed by atoms with E-state index in [9.17, 15) is 0 Å². The summed E-state index contributed by atoms with van der Waals surface area (Å²) in [5.41, 5.74) is 4.56. The van der Waals surface area contributed by atoms with Gasteiger partial charge in [0.05, 0.1) is 12.7 Å². The number of ether oxygens (including phenoxy) is 1. The molecule has 208 valence electrons. The van der Waals surface area contributed by atoms with Gasteiger partial charge in [0.25, 0.3) is 0 Å². The van der Waals surface area contributed by atoms with Crippen molar-refractivity contribution in [1.82, 2.24) is 19.9 Å². The van der Waals surface area contributed by atoms with Gasteiger partial charge in [-0.15, -0.1) is 0 Å². The fourth-order valence-corrected chi connectivity index (χ4v) is 5.98. The predicted molar refractivity (Wildman–Crippen MR) is 162 cm³/mol. The molecule has 4 aromatic rings. The maximum Gasteiger partial charge on any atom is 0.0921 e. The number of nitrogens with one attached hydrogen (secondary N) is 2. The van der Waals surface area contributed by atoms with E-state index < -0.39 is 0 Å². The van der Waals surface area contributed by atoms with Crippen LogP contribution in [-0.2, 0) is 17.6 Å². The van der Waals surface area contributed by atoms with Gasteiger partial charge in [-0.3, -0.25) is 0 Å². The number of benzene rings is 2. The summed E-state index contributed by atoms with van der Waals surface area (Å²) in [5.74, 6) is 0.706. The van der Waals surface area contributed by atoms with E-state index >= 15 is 0 Å². The highest BCUT2D eigenvalue weighted by molar-refractivity contribution is 6.35. The fourth-order valence-electron chi connectivity index (χ4n) is 4.97.